The van der Waals surface area contributed by atoms with E-state index in [-0.39, 0.29) is 0 Å². The van der Waals surface area contributed by atoms with Crippen molar-refractivity contribution in [3.63, 3.8) is 0 Å². The molecule has 1 saturated carbocycles. The summed E-state index contributed by atoms with van der Waals surface area (Å²) in [6.07, 6.45) is 5.66. The lowest BCUT2D eigenvalue weighted by molar-refractivity contribution is 0.348. The summed E-state index contributed by atoms with van der Waals surface area (Å²) in [5, 5.41) is 0. The van der Waals surface area contributed by atoms with E-state index in [1.807, 2.05) is 0 Å². The van der Waals surface area contributed by atoms with Crippen LogP contribution in [-0.4, -0.2) is 10.2 Å². The molecule has 1 aromatic rings. The minimum absolute atomic E-state index is 0.851. The molecule has 0 radical (unpaired) electrons. The van der Waals surface area contributed by atoms with Gasteiger partial charge in [-0.05, 0) is 36.3 Å². The molecule has 0 saturated heterocycles. The van der Waals surface area contributed by atoms with Crippen LogP contribution in [0.2, 0.25) is 0 Å². The maximum absolute atomic E-state index is 2.39. The molecule has 2 rings (SSSR count). The monoisotopic (exact) mass is 218 g/mol. The molecule has 0 spiro atoms. The molecule has 0 N–H and O–H groups in total. The van der Waals surface area contributed by atoms with Gasteiger partial charge in [-0.3, -0.25) is 0 Å². The van der Waals surface area contributed by atoms with Crippen LogP contribution in [0.1, 0.15) is 49.7 Å². The second-order valence-electron chi connectivity index (χ2n) is 5.05. The summed E-state index contributed by atoms with van der Waals surface area (Å²) in [5.41, 5.74) is 3.11. The third kappa shape index (κ3) is 2.72. The Morgan fingerprint density at radius 1 is 1.07 bits per heavy atom. The lowest BCUT2D eigenvalue weighted by Crippen LogP contribution is -2.10. The van der Waals surface area contributed by atoms with E-state index in [0.717, 1.165) is 11.8 Å². The summed E-state index contributed by atoms with van der Waals surface area (Å²) in [7, 11) is 1.28. The van der Waals surface area contributed by atoms with E-state index in [2.05, 4.69) is 31.2 Å². The van der Waals surface area contributed by atoms with Gasteiger partial charge in [0.2, 0.25) is 0 Å². The summed E-state index contributed by atoms with van der Waals surface area (Å²) in [6, 6.07) is 10.7. The molecular weight excluding hydrogens is 196 g/mol. The highest BCUT2D eigenvalue weighted by Crippen LogP contribution is 2.35. The van der Waals surface area contributed by atoms with Crippen LogP contribution in [0.25, 0.3) is 0 Å². The van der Waals surface area contributed by atoms with Gasteiger partial charge in [0.05, 0.1) is 0 Å². The van der Waals surface area contributed by atoms with Crippen molar-refractivity contribution in [1.29, 1.82) is 0 Å². The van der Waals surface area contributed by atoms with Crippen molar-refractivity contribution in [2.45, 2.75) is 44.6 Å². The highest BCUT2D eigenvalue weighted by Gasteiger charge is 2.19. The normalized spacial score (nSPS) is 26.7. The molecule has 0 aromatic heterocycles. The Bertz CT molecular complexity index is 294. The van der Waals surface area contributed by atoms with Crippen LogP contribution in [0, 0.1) is 5.92 Å². The summed E-state index contributed by atoms with van der Waals surface area (Å²) < 4.78 is 0. The number of rotatable bonds is 2. The number of hydrogen-bond acceptors (Lipinski definition) is 0. The molecule has 0 amide bonds. The standard InChI is InChI=1S/C14H22Si/c1-11-2-6-13(7-3-11)14-8-4-12(10-15)5-9-14/h4-5,8-9,11,13H,2-3,6-7,10H2,1,15H3. The Balaban J connectivity index is 2.03. The fourth-order valence-corrected chi connectivity index (χ4v) is 3.09. The fraction of sp³-hybridized carbons (Fsp3) is 0.571. The SMILES string of the molecule is CC1CCC(c2ccc(C[SiH3])cc2)CC1. The zero-order chi connectivity index (χ0) is 10.7. The van der Waals surface area contributed by atoms with Crippen LogP contribution in [0.3, 0.4) is 0 Å². The molecule has 1 fully saturated rings. The van der Waals surface area contributed by atoms with E-state index < -0.39 is 0 Å². The Hall–Kier alpha value is -0.563. The minimum Gasteiger partial charge on any atom is -0.0625 e. The van der Waals surface area contributed by atoms with Crippen LogP contribution < -0.4 is 0 Å². The average molecular weight is 218 g/mol. The van der Waals surface area contributed by atoms with E-state index >= 15 is 0 Å². The van der Waals surface area contributed by atoms with Gasteiger partial charge in [-0.25, -0.2) is 0 Å². The van der Waals surface area contributed by atoms with E-state index in [1.54, 1.807) is 5.56 Å². The first kappa shape index (κ1) is 10.9. The van der Waals surface area contributed by atoms with E-state index in [4.69, 9.17) is 0 Å². The third-order valence-corrected chi connectivity index (χ3v) is 4.69. The van der Waals surface area contributed by atoms with E-state index in [0.29, 0.717) is 0 Å². The van der Waals surface area contributed by atoms with Crippen molar-refractivity contribution in [2.75, 3.05) is 0 Å². The summed E-state index contributed by atoms with van der Waals surface area (Å²) in [5.74, 6) is 1.81. The van der Waals surface area contributed by atoms with Gasteiger partial charge in [-0.1, -0.05) is 49.6 Å². The van der Waals surface area contributed by atoms with E-state index in [1.165, 1.54) is 47.5 Å². The molecule has 1 aliphatic carbocycles. The van der Waals surface area contributed by atoms with Gasteiger partial charge in [0.25, 0.3) is 0 Å². The molecule has 15 heavy (non-hydrogen) atoms. The summed E-state index contributed by atoms with van der Waals surface area (Å²) in [6.45, 7) is 2.39. The van der Waals surface area contributed by atoms with Crippen molar-refractivity contribution in [2.24, 2.45) is 5.92 Å². The Morgan fingerprint density at radius 2 is 1.67 bits per heavy atom. The molecule has 1 aliphatic rings. The first-order valence-corrected chi connectivity index (χ1v) is 7.80. The van der Waals surface area contributed by atoms with Crippen LogP contribution in [0.5, 0.6) is 0 Å². The lowest BCUT2D eigenvalue weighted by atomic mass is 9.79. The maximum Gasteiger partial charge on any atom is 0.00833 e. The third-order valence-electron chi connectivity index (χ3n) is 3.88. The Morgan fingerprint density at radius 3 is 2.20 bits per heavy atom. The lowest BCUT2D eigenvalue weighted by Gasteiger charge is -2.26. The smallest absolute Gasteiger partial charge is 0.00833 e. The van der Waals surface area contributed by atoms with E-state index in [9.17, 15) is 0 Å². The maximum atomic E-state index is 2.39. The Labute approximate surface area is 96.5 Å². The molecule has 0 bridgehead atoms. The summed E-state index contributed by atoms with van der Waals surface area (Å²) >= 11 is 0. The van der Waals surface area contributed by atoms with Gasteiger partial charge < -0.3 is 0 Å². The van der Waals surface area contributed by atoms with Crippen molar-refractivity contribution in [1.82, 2.24) is 0 Å². The molecule has 0 atom stereocenters. The fourth-order valence-electron chi connectivity index (χ4n) is 2.62. The first-order valence-electron chi connectivity index (χ1n) is 6.38. The highest BCUT2D eigenvalue weighted by molar-refractivity contribution is 6.08. The predicted octanol–water partition coefficient (Wildman–Crippen LogP) is 2.85. The Kier molecular flexibility index (Phi) is 3.63. The van der Waals surface area contributed by atoms with Gasteiger partial charge in [-0.2, -0.15) is 0 Å². The molecule has 0 unspecified atom stereocenters. The molecule has 82 valence electrons. The van der Waals surface area contributed by atoms with Gasteiger partial charge >= 0.3 is 0 Å². The summed E-state index contributed by atoms with van der Waals surface area (Å²) in [4.78, 5) is 0. The molecule has 1 aromatic carbocycles. The second kappa shape index (κ2) is 4.98. The molecule has 0 nitrogen and oxygen atoms in total. The van der Waals surface area contributed by atoms with Crippen LogP contribution in [0.15, 0.2) is 24.3 Å². The number of benzene rings is 1. The minimum atomic E-state index is 0.851. The van der Waals surface area contributed by atoms with Crippen LogP contribution >= 0.6 is 0 Å². The van der Waals surface area contributed by atoms with Crippen LogP contribution in [-0.2, 0) is 6.04 Å². The van der Waals surface area contributed by atoms with Crippen molar-refractivity contribution in [3.8, 4) is 0 Å². The van der Waals surface area contributed by atoms with Gasteiger partial charge in [0.1, 0.15) is 0 Å². The topological polar surface area (TPSA) is 0 Å². The van der Waals surface area contributed by atoms with Crippen molar-refractivity contribution >= 4 is 10.2 Å². The van der Waals surface area contributed by atoms with Crippen LogP contribution in [0.4, 0.5) is 0 Å². The predicted molar refractivity (Wildman–Crippen MR) is 70.5 cm³/mol. The largest absolute Gasteiger partial charge is 0.0625 e. The van der Waals surface area contributed by atoms with Crippen molar-refractivity contribution in [3.05, 3.63) is 35.4 Å². The first-order chi connectivity index (χ1) is 7.29. The molecule has 0 aliphatic heterocycles. The number of hydrogen-bond donors (Lipinski definition) is 0. The molecule has 0 heterocycles. The van der Waals surface area contributed by atoms with Crippen molar-refractivity contribution < 1.29 is 0 Å². The average Bonchev–Trinajstić information content (AvgIpc) is 2.30. The highest BCUT2D eigenvalue weighted by atomic mass is 28.1. The molecule has 1 heteroatoms. The van der Waals surface area contributed by atoms with Gasteiger partial charge in [0, 0.05) is 10.2 Å². The van der Waals surface area contributed by atoms with Gasteiger partial charge in [-0.15, -0.1) is 0 Å². The zero-order valence-corrected chi connectivity index (χ0v) is 12.0. The molecular formula is C14H22Si. The quantitative estimate of drug-likeness (QED) is 0.670. The van der Waals surface area contributed by atoms with Gasteiger partial charge in [0.15, 0.2) is 0 Å². The zero-order valence-electron chi connectivity index (χ0n) is 10.00. The second-order valence-corrected chi connectivity index (χ2v) is 5.76.